The number of anilines is 1. The first kappa shape index (κ1) is 16.3. The van der Waals surface area contributed by atoms with Crippen LogP contribution in [-0.2, 0) is 6.54 Å². The molecule has 0 aromatic heterocycles. The standard InChI is InChI=1S/C18H30N2O/c1-13-10-15(11-19-18(3,4)5)6-7-17(13)20-9-8-16(12-20)14(2)21/h6-7,10,14,16,19,21H,8-9,11-12H2,1-5H3. The Balaban J connectivity index is 2.03. The fourth-order valence-corrected chi connectivity index (χ4v) is 2.95. The summed E-state index contributed by atoms with van der Waals surface area (Å²) in [4.78, 5) is 2.41. The molecule has 1 aromatic rings. The molecule has 1 fully saturated rings. The van der Waals surface area contributed by atoms with Crippen LogP contribution in [0.3, 0.4) is 0 Å². The van der Waals surface area contributed by atoms with Gasteiger partial charge in [0.15, 0.2) is 0 Å². The Morgan fingerprint density at radius 2 is 2.10 bits per heavy atom. The minimum absolute atomic E-state index is 0.145. The third-order valence-corrected chi connectivity index (χ3v) is 4.33. The third-order valence-electron chi connectivity index (χ3n) is 4.33. The Morgan fingerprint density at radius 3 is 2.62 bits per heavy atom. The SMILES string of the molecule is Cc1cc(CNC(C)(C)C)ccc1N1CCC(C(C)O)C1. The van der Waals surface area contributed by atoms with Gasteiger partial charge in [0.2, 0.25) is 0 Å². The van der Waals surface area contributed by atoms with E-state index in [4.69, 9.17) is 0 Å². The number of nitrogens with one attached hydrogen (secondary N) is 1. The minimum Gasteiger partial charge on any atom is -0.393 e. The topological polar surface area (TPSA) is 35.5 Å². The second-order valence-corrected chi connectivity index (χ2v) is 7.46. The van der Waals surface area contributed by atoms with Crippen molar-refractivity contribution in [3.05, 3.63) is 29.3 Å². The Hall–Kier alpha value is -1.06. The van der Waals surface area contributed by atoms with Crippen LogP contribution in [-0.4, -0.2) is 29.8 Å². The highest BCUT2D eigenvalue weighted by atomic mass is 16.3. The summed E-state index contributed by atoms with van der Waals surface area (Å²) in [6, 6.07) is 6.74. The zero-order valence-corrected chi connectivity index (χ0v) is 14.1. The van der Waals surface area contributed by atoms with E-state index in [9.17, 15) is 5.11 Å². The van der Waals surface area contributed by atoms with E-state index >= 15 is 0 Å². The van der Waals surface area contributed by atoms with Gasteiger partial charge in [0, 0.05) is 36.8 Å². The van der Waals surface area contributed by atoms with Crippen molar-refractivity contribution in [2.24, 2.45) is 5.92 Å². The first-order valence-electron chi connectivity index (χ1n) is 8.04. The molecule has 2 rings (SSSR count). The lowest BCUT2D eigenvalue weighted by molar-refractivity contribution is 0.136. The average molecular weight is 290 g/mol. The van der Waals surface area contributed by atoms with Crippen LogP contribution in [0.2, 0.25) is 0 Å². The number of aryl methyl sites for hydroxylation is 1. The summed E-state index contributed by atoms with van der Waals surface area (Å²) in [7, 11) is 0. The van der Waals surface area contributed by atoms with Crippen molar-refractivity contribution in [1.82, 2.24) is 5.32 Å². The van der Waals surface area contributed by atoms with Gasteiger partial charge < -0.3 is 15.3 Å². The maximum Gasteiger partial charge on any atom is 0.0557 e. The van der Waals surface area contributed by atoms with Gasteiger partial charge in [-0.2, -0.15) is 0 Å². The highest BCUT2D eigenvalue weighted by Crippen LogP contribution is 2.29. The predicted molar refractivity (Wildman–Crippen MR) is 89.8 cm³/mol. The Labute approximate surface area is 129 Å². The molecule has 0 saturated carbocycles. The lowest BCUT2D eigenvalue weighted by atomic mass is 10.0. The predicted octanol–water partition coefficient (Wildman–Crippen LogP) is 3.09. The molecule has 1 aromatic carbocycles. The summed E-state index contributed by atoms with van der Waals surface area (Å²) in [5.41, 5.74) is 4.12. The van der Waals surface area contributed by atoms with Crippen molar-refractivity contribution in [3.63, 3.8) is 0 Å². The van der Waals surface area contributed by atoms with Gasteiger partial charge >= 0.3 is 0 Å². The normalized spacial score (nSPS) is 20.9. The molecule has 2 N–H and O–H groups in total. The molecule has 1 aliphatic heterocycles. The lowest BCUT2D eigenvalue weighted by Gasteiger charge is -2.24. The maximum absolute atomic E-state index is 9.74. The van der Waals surface area contributed by atoms with Crippen LogP contribution in [0.15, 0.2) is 18.2 Å². The highest BCUT2D eigenvalue weighted by molar-refractivity contribution is 5.55. The number of aliphatic hydroxyl groups excluding tert-OH is 1. The Bertz CT molecular complexity index is 477. The summed E-state index contributed by atoms with van der Waals surface area (Å²) in [6.07, 6.45) is 0.885. The molecule has 0 amide bonds. The fourth-order valence-electron chi connectivity index (χ4n) is 2.95. The third kappa shape index (κ3) is 4.45. The van der Waals surface area contributed by atoms with Crippen molar-refractivity contribution < 1.29 is 5.11 Å². The van der Waals surface area contributed by atoms with Crippen molar-refractivity contribution in [1.29, 1.82) is 0 Å². The fraction of sp³-hybridized carbons (Fsp3) is 0.667. The second kappa shape index (κ2) is 6.37. The molecule has 1 heterocycles. The number of rotatable bonds is 4. The molecule has 1 saturated heterocycles. The van der Waals surface area contributed by atoms with Crippen molar-refractivity contribution in [2.75, 3.05) is 18.0 Å². The second-order valence-electron chi connectivity index (χ2n) is 7.46. The van der Waals surface area contributed by atoms with Gasteiger partial charge in [-0.3, -0.25) is 0 Å². The molecule has 0 spiro atoms. The molecule has 0 radical (unpaired) electrons. The molecule has 3 heteroatoms. The van der Waals surface area contributed by atoms with Gasteiger partial charge in [0.05, 0.1) is 6.10 Å². The summed E-state index contributed by atoms with van der Waals surface area (Å²) < 4.78 is 0. The number of nitrogens with zero attached hydrogens (tertiary/aromatic N) is 1. The van der Waals surface area contributed by atoms with Crippen LogP contribution < -0.4 is 10.2 Å². The highest BCUT2D eigenvalue weighted by Gasteiger charge is 2.26. The van der Waals surface area contributed by atoms with E-state index in [-0.39, 0.29) is 11.6 Å². The summed E-state index contributed by atoms with van der Waals surface area (Å²) in [5, 5.41) is 13.3. The number of aliphatic hydroxyl groups is 1. The summed E-state index contributed by atoms with van der Waals surface area (Å²) in [6.45, 7) is 13.6. The van der Waals surface area contributed by atoms with E-state index in [1.807, 2.05) is 6.92 Å². The Morgan fingerprint density at radius 1 is 1.38 bits per heavy atom. The van der Waals surface area contributed by atoms with Crippen LogP contribution in [0.5, 0.6) is 0 Å². The minimum atomic E-state index is -0.203. The number of benzene rings is 1. The van der Waals surface area contributed by atoms with E-state index in [1.54, 1.807) is 0 Å². The number of hydrogen-bond acceptors (Lipinski definition) is 3. The van der Waals surface area contributed by atoms with Gasteiger partial charge in [-0.05, 0) is 58.2 Å². The summed E-state index contributed by atoms with van der Waals surface area (Å²) >= 11 is 0. The average Bonchev–Trinajstić information content (AvgIpc) is 2.85. The maximum atomic E-state index is 9.74. The van der Waals surface area contributed by atoms with Crippen LogP contribution in [0.25, 0.3) is 0 Å². The molecular formula is C18H30N2O. The van der Waals surface area contributed by atoms with E-state index in [0.717, 1.165) is 26.1 Å². The molecule has 1 aliphatic rings. The first-order valence-corrected chi connectivity index (χ1v) is 8.04. The molecule has 0 bridgehead atoms. The van der Waals surface area contributed by atoms with E-state index in [0.29, 0.717) is 5.92 Å². The quantitative estimate of drug-likeness (QED) is 0.894. The molecule has 3 nitrogen and oxygen atoms in total. The monoisotopic (exact) mass is 290 g/mol. The smallest absolute Gasteiger partial charge is 0.0557 e. The van der Waals surface area contributed by atoms with Crippen molar-refractivity contribution in [3.8, 4) is 0 Å². The number of hydrogen-bond donors (Lipinski definition) is 2. The first-order chi connectivity index (χ1) is 9.76. The van der Waals surface area contributed by atoms with Crippen LogP contribution >= 0.6 is 0 Å². The molecule has 2 atom stereocenters. The molecular weight excluding hydrogens is 260 g/mol. The summed E-state index contributed by atoms with van der Waals surface area (Å²) in [5.74, 6) is 0.409. The van der Waals surface area contributed by atoms with E-state index in [2.05, 4.69) is 56.1 Å². The van der Waals surface area contributed by atoms with Gasteiger partial charge in [-0.15, -0.1) is 0 Å². The molecule has 0 aliphatic carbocycles. The van der Waals surface area contributed by atoms with Crippen molar-refractivity contribution in [2.45, 2.75) is 59.2 Å². The zero-order valence-electron chi connectivity index (χ0n) is 14.1. The molecule has 21 heavy (non-hydrogen) atoms. The molecule has 2 unspecified atom stereocenters. The zero-order chi connectivity index (χ0) is 15.6. The van der Waals surface area contributed by atoms with E-state index in [1.165, 1.54) is 16.8 Å². The van der Waals surface area contributed by atoms with Gasteiger partial charge in [0.1, 0.15) is 0 Å². The van der Waals surface area contributed by atoms with E-state index < -0.39 is 0 Å². The largest absolute Gasteiger partial charge is 0.393 e. The van der Waals surface area contributed by atoms with Crippen LogP contribution in [0.1, 0.15) is 45.2 Å². The van der Waals surface area contributed by atoms with Gasteiger partial charge in [-0.25, -0.2) is 0 Å². The van der Waals surface area contributed by atoms with Crippen LogP contribution in [0.4, 0.5) is 5.69 Å². The van der Waals surface area contributed by atoms with Crippen LogP contribution in [0, 0.1) is 12.8 Å². The lowest BCUT2D eigenvalue weighted by Crippen LogP contribution is -2.35. The Kier molecular flexibility index (Phi) is 4.95. The van der Waals surface area contributed by atoms with Gasteiger partial charge in [0.25, 0.3) is 0 Å². The van der Waals surface area contributed by atoms with Gasteiger partial charge in [-0.1, -0.05) is 12.1 Å². The van der Waals surface area contributed by atoms with Crippen molar-refractivity contribution >= 4 is 5.69 Å². The molecule has 118 valence electrons.